The molecule has 0 aliphatic carbocycles. The van der Waals surface area contributed by atoms with Gasteiger partial charge in [0.25, 0.3) is 0 Å². The smallest absolute Gasteiger partial charge is 0.231 e. The van der Waals surface area contributed by atoms with E-state index in [2.05, 4.69) is 5.32 Å². The fourth-order valence-corrected chi connectivity index (χ4v) is 1.57. The quantitative estimate of drug-likeness (QED) is 0.864. The number of hydrogen-bond acceptors (Lipinski definition) is 2. The van der Waals surface area contributed by atoms with Gasteiger partial charge in [-0.15, -0.1) is 0 Å². The van der Waals surface area contributed by atoms with Gasteiger partial charge in [0.05, 0.1) is 5.41 Å². The van der Waals surface area contributed by atoms with Crippen LogP contribution >= 0.6 is 0 Å². The summed E-state index contributed by atoms with van der Waals surface area (Å²) in [6.45, 7) is 11.5. The molecule has 1 rings (SSSR count). The molecule has 18 heavy (non-hydrogen) atoms. The summed E-state index contributed by atoms with van der Waals surface area (Å²) in [7, 11) is 0. The maximum absolute atomic E-state index is 12.4. The highest BCUT2D eigenvalue weighted by atomic mass is 16.2. The van der Waals surface area contributed by atoms with E-state index in [1.54, 1.807) is 0 Å². The number of para-hydroxylation sites is 1. The molecule has 3 nitrogen and oxygen atoms in total. The van der Waals surface area contributed by atoms with E-state index in [0.29, 0.717) is 0 Å². The number of amides is 1. The maximum Gasteiger partial charge on any atom is 0.231 e. The van der Waals surface area contributed by atoms with Crippen molar-refractivity contribution in [3.8, 4) is 0 Å². The normalized spacial score (nSPS) is 12.4. The Morgan fingerprint density at radius 3 is 1.94 bits per heavy atom. The molecule has 3 heteroatoms. The molecule has 0 saturated heterocycles. The predicted octanol–water partition coefficient (Wildman–Crippen LogP) is 3.01. The SMILES string of the molecule is Cc1cccc(C)c1NC(=O)C(C)(C)C(C)(C)N. The number of anilines is 1. The Hall–Kier alpha value is -1.35. The van der Waals surface area contributed by atoms with Gasteiger partial charge in [-0.1, -0.05) is 18.2 Å². The average molecular weight is 248 g/mol. The first-order valence-electron chi connectivity index (χ1n) is 6.24. The van der Waals surface area contributed by atoms with E-state index in [1.165, 1.54) is 0 Å². The van der Waals surface area contributed by atoms with E-state index in [9.17, 15) is 4.79 Å². The third-order valence-corrected chi connectivity index (χ3v) is 3.90. The Bertz CT molecular complexity index is 436. The Morgan fingerprint density at radius 1 is 1.11 bits per heavy atom. The first-order chi connectivity index (χ1) is 8.07. The lowest BCUT2D eigenvalue weighted by Crippen LogP contribution is -2.53. The maximum atomic E-state index is 12.4. The molecule has 0 unspecified atom stereocenters. The molecule has 0 atom stereocenters. The molecular formula is C15H24N2O. The highest BCUT2D eigenvalue weighted by Gasteiger charge is 2.40. The van der Waals surface area contributed by atoms with Crippen LogP contribution in [0.15, 0.2) is 18.2 Å². The first-order valence-corrected chi connectivity index (χ1v) is 6.24. The molecule has 0 heterocycles. The third-order valence-electron chi connectivity index (χ3n) is 3.90. The van der Waals surface area contributed by atoms with Gasteiger partial charge < -0.3 is 11.1 Å². The van der Waals surface area contributed by atoms with E-state index < -0.39 is 11.0 Å². The summed E-state index contributed by atoms with van der Waals surface area (Å²) in [6.07, 6.45) is 0. The number of aryl methyl sites for hydroxylation is 2. The largest absolute Gasteiger partial charge is 0.325 e. The highest BCUT2D eigenvalue weighted by molar-refractivity contribution is 5.97. The zero-order chi connectivity index (χ0) is 14.1. The number of nitrogens with one attached hydrogen (secondary N) is 1. The van der Waals surface area contributed by atoms with Crippen LogP contribution in [-0.2, 0) is 4.79 Å². The average Bonchev–Trinajstić information content (AvgIpc) is 2.21. The summed E-state index contributed by atoms with van der Waals surface area (Å²) in [5, 5.41) is 3.01. The van der Waals surface area contributed by atoms with Crippen molar-refractivity contribution in [1.82, 2.24) is 0 Å². The summed E-state index contributed by atoms with van der Waals surface area (Å²) in [5.74, 6) is -0.0487. The summed E-state index contributed by atoms with van der Waals surface area (Å²) >= 11 is 0. The fourth-order valence-electron chi connectivity index (χ4n) is 1.57. The van der Waals surface area contributed by atoms with Crippen LogP contribution in [0.2, 0.25) is 0 Å². The number of rotatable bonds is 3. The Labute approximate surface area is 110 Å². The number of carbonyl (C=O) groups excluding carboxylic acids is 1. The fraction of sp³-hybridized carbons (Fsp3) is 0.533. The minimum atomic E-state index is -0.637. The minimum absolute atomic E-state index is 0.0487. The van der Waals surface area contributed by atoms with Crippen LogP contribution in [0.4, 0.5) is 5.69 Å². The van der Waals surface area contributed by atoms with Gasteiger partial charge in [-0.25, -0.2) is 0 Å². The van der Waals surface area contributed by atoms with Crippen LogP contribution in [0.3, 0.4) is 0 Å². The molecule has 1 aromatic carbocycles. The minimum Gasteiger partial charge on any atom is -0.325 e. The summed E-state index contributed by atoms with van der Waals surface area (Å²) < 4.78 is 0. The summed E-state index contributed by atoms with van der Waals surface area (Å²) in [5.41, 5.74) is 7.89. The Morgan fingerprint density at radius 2 is 1.56 bits per heavy atom. The van der Waals surface area contributed by atoms with Gasteiger partial charge in [0.1, 0.15) is 0 Å². The molecule has 0 aromatic heterocycles. The van der Waals surface area contributed by atoms with Crippen LogP contribution in [0.25, 0.3) is 0 Å². The van der Waals surface area contributed by atoms with E-state index in [0.717, 1.165) is 16.8 Å². The zero-order valence-electron chi connectivity index (χ0n) is 12.2. The number of hydrogen-bond donors (Lipinski definition) is 2. The summed E-state index contributed by atoms with van der Waals surface area (Å²) in [4.78, 5) is 12.4. The lowest BCUT2D eigenvalue weighted by molar-refractivity contribution is -0.126. The topological polar surface area (TPSA) is 55.1 Å². The summed E-state index contributed by atoms with van der Waals surface area (Å²) in [6, 6.07) is 5.96. The molecule has 1 aromatic rings. The second-order valence-corrected chi connectivity index (χ2v) is 6.07. The molecule has 0 bridgehead atoms. The van der Waals surface area contributed by atoms with Crippen molar-refractivity contribution in [2.45, 2.75) is 47.1 Å². The molecule has 0 aliphatic rings. The van der Waals surface area contributed by atoms with Gasteiger partial charge >= 0.3 is 0 Å². The molecule has 100 valence electrons. The van der Waals surface area contributed by atoms with E-state index >= 15 is 0 Å². The van der Waals surface area contributed by atoms with Crippen LogP contribution in [-0.4, -0.2) is 11.4 Å². The Balaban J connectivity index is 3.03. The van der Waals surface area contributed by atoms with E-state index in [1.807, 2.05) is 59.7 Å². The van der Waals surface area contributed by atoms with Crippen LogP contribution in [0.1, 0.15) is 38.8 Å². The van der Waals surface area contributed by atoms with Gasteiger partial charge in [-0.3, -0.25) is 4.79 Å². The highest BCUT2D eigenvalue weighted by Crippen LogP contribution is 2.31. The third kappa shape index (κ3) is 2.72. The molecule has 0 radical (unpaired) electrons. The molecule has 0 fully saturated rings. The number of carbonyl (C=O) groups is 1. The van der Waals surface area contributed by atoms with Crippen molar-refractivity contribution in [2.75, 3.05) is 5.32 Å². The van der Waals surface area contributed by atoms with Crippen molar-refractivity contribution in [3.05, 3.63) is 29.3 Å². The second-order valence-electron chi connectivity index (χ2n) is 6.07. The van der Waals surface area contributed by atoms with Gasteiger partial charge in [0.15, 0.2) is 0 Å². The predicted molar refractivity (Wildman–Crippen MR) is 76.6 cm³/mol. The van der Waals surface area contributed by atoms with Gasteiger partial charge in [0, 0.05) is 11.2 Å². The molecule has 0 aliphatic heterocycles. The van der Waals surface area contributed by atoms with E-state index in [-0.39, 0.29) is 5.91 Å². The Kier molecular flexibility index (Phi) is 3.86. The van der Waals surface area contributed by atoms with E-state index in [4.69, 9.17) is 5.73 Å². The van der Waals surface area contributed by atoms with Crippen LogP contribution in [0, 0.1) is 19.3 Å². The van der Waals surface area contributed by atoms with Crippen molar-refractivity contribution >= 4 is 11.6 Å². The monoisotopic (exact) mass is 248 g/mol. The standard InChI is InChI=1S/C15H24N2O/c1-10-8-7-9-11(2)12(10)17-13(18)14(3,4)15(5,6)16/h7-9H,16H2,1-6H3,(H,17,18). The molecule has 1 amide bonds. The van der Waals surface area contributed by atoms with Crippen LogP contribution < -0.4 is 11.1 Å². The van der Waals surface area contributed by atoms with Crippen molar-refractivity contribution < 1.29 is 4.79 Å². The van der Waals surface area contributed by atoms with Crippen molar-refractivity contribution in [1.29, 1.82) is 0 Å². The molecular weight excluding hydrogens is 224 g/mol. The molecule has 0 saturated carbocycles. The first kappa shape index (κ1) is 14.7. The number of nitrogens with two attached hydrogens (primary N) is 1. The lowest BCUT2D eigenvalue weighted by Gasteiger charge is -2.37. The van der Waals surface area contributed by atoms with Crippen molar-refractivity contribution in [3.63, 3.8) is 0 Å². The van der Waals surface area contributed by atoms with Gasteiger partial charge in [-0.05, 0) is 52.7 Å². The number of benzene rings is 1. The molecule has 0 spiro atoms. The lowest BCUT2D eigenvalue weighted by atomic mass is 9.74. The van der Waals surface area contributed by atoms with Crippen molar-refractivity contribution in [2.24, 2.45) is 11.1 Å². The van der Waals surface area contributed by atoms with Crippen LogP contribution in [0.5, 0.6) is 0 Å². The van der Waals surface area contributed by atoms with Gasteiger partial charge in [0.2, 0.25) is 5.91 Å². The molecule has 3 N–H and O–H groups in total. The zero-order valence-corrected chi connectivity index (χ0v) is 12.2. The van der Waals surface area contributed by atoms with Gasteiger partial charge in [-0.2, -0.15) is 0 Å². The second kappa shape index (κ2) is 4.73.